The molecule has 0 radical (unpaired) electrons. The summed E-state index contributed by atoms with van der Waals surface area (Å²) in [5, 5.41) is 4.72. The minimum absolute atomic E-state index is 0.0526. The lowest BCUT2D eigenvalue weighted by Crippen LogP contribution is -2.60. The molecule has 3 amide bonds. The van der Waals surface area contributed by atoms with Crippen LogP contribution in [-0.4, -0.2) is 70.2 Å². The molecule has 8 nitrogen and oxygen atoms in total. The Morgan fingerprint density at radius 2 is 1.74 bits per heavy atom. The molecule has 0 saturated carbocycles. The summed E-state index contributed by atoms with van der Waals surface area (Å²) < 4.78 is 66.5. The second-order valence-corrected chi connectivity index (χ2v) is 10.0. The maximum atomic E-state index is 13.9. The predicted octanol–water partition coefficient (Wildman–Crippen LogP) is 3.05. The summed E-state index contributed by atoms with van der Waals surface area (Å²) in [7, 11) is 0. The molecule has 1 unspecified atom stereocenters. The fourth-order valence-corrected chi connectivity index (χ4v) is 4.43. The second kappa shape index (κ2) is 12.7. The van der Waals surface area contributed by atoms with Crippen molar-refractivity contribution in [2.75, 3.05) is 6.54 Å². The molecule has 1 fully saturated rings. The number of pyridine rings is 1. The number of rotatable bonds is 11. The number of aromatic nitrogens is 1. The van der Waals surface area contributed by atoms with E-state index < -0.39 is 65.6 Å². The molecule has 212 valence electrons. The van der Waals surface area contributed by atoms with Gasteiger partial charge in [-0.2, -0.15) is 22.0 Å². The van der Waals surface area contributed by atoms with Gasteiger partial charge in [-0.25, -0.2) is 0 Å². The van der Waals surface area contributed by atoms with Gasteiger partial charge < -0.3 is 5.32 Å². The number of hydrogen-bond acceptors (Lipinski definition) is 6. The molecule has 0 aromatic carbocycles. The molecule has 1 saturated heterocycles. The summed E-state index contributed by atoms with van der Waals surface area (Å²) >= 11 is 0. The first-order valence-corrected chi connectivity index (χ1v) is 12.4. The van der Waals surface area contributed by atoms with E-state index in [9.17, 15) is 41.1 Å². The van der Waals surface area contributed by atoms with Gasteiger partial charge in [-0.05, 0) is 49.3 Å². The molecule has 3 atom stereocenters. The van der Waals surface area contributed by atoms with Gasteiger partial charge >= 0.3 is 12.1 Å². The molecular weight excluding hydrogens is 515 g/mol. The van der Waals surface area contributed by atoms with Gasteiger partial charge in [-0.3, -0.25) is 34.4 Å². The van der Waals surface area contributed by atoms with Gasteiger partial charge in [0.15, 0.2) is 0 Å². The van der Waals surface area contributed by atoms with Gasteiger partial charge in [0.25, 0.3) is 0 Å². The largest absolute Gasteiger partial charge is 0.461 e. The van der Waals surface area contributed by atoms with Crippen molar-refractivity contribution >= 4 is 23.5 Å². The quantitative estimate of drug-likeness (QED) is 0.412. The van der Waals surface area contributed by atoms with Crippen LogP contribution in [0.2, 0.25) is 0 Å². The number of alkyl halides is 5. The molecule has 38 heavy (non-hydrogen) atoms. The highest BCUT2D eigenvalue weighted by molar-refractivity contribution is 6.02. The van der Waals surface area contributed by atoms with Crippen molar-refractivity contribution in [1.29, 1.82) is 0 Å². The normalized spacial score (nSPS) is 18.3. The van der Waals surface area contributed by atoms with E-state index in [-0.39, 0.29) is 25.8 Å². The van der Waals surface area contributed by atoms with Gasteiger partial charge in [0, 0.05) is 18.8 Å². The summed E-state index contributed by atoms with van der Waals surface area (Å²) in [6.07, 6.45) is -2.16. The van der Waals surface area contributed by atoms with E-state index in [0.29, 0.717) is 6.42 Å². The smallest absolute Gasteiger partial charge is 0.344 e. The van der Waals surface area contributed by atoms with Crippen molar-refractivity contribution in [2.45, 2.75) is 83.6 Å². The third kappa shape index (κ3) is 7.55. The lowest BCUT2D eigenvalue weighted by atomic mass is 9.93. The average Bonchev–Trinajstić information content (AvgIpc) is 3.30. The fraction of sp³-hybridized carbons (Fsp3) is 0.640. The third-order valence-corrected chi connectivity index (χ3v) is 6.40. The zero-order valence-electron chi connectivity index (χ0n) is 21.6. The molecule has 1 aromatic heterocycles. The lowest BCUT2D eigenvalue weighted by molar-refractivity contribution is -0.271. The first-order valence-electron chi connectivity index (χ1n) is 12.4. The minimum Gasteiger partial charge on any atom is -0.344 e. The molecular formula is C25H33F5N4O4. The van der Waals surface area contributed by atoms with E-state index in [1.807, 2.05) is 0 Å². The van der Waals surface area contributed by atoms with E-state index in [1.165, 1.54) is 13.8 Å². The van der Waals surface area contributed by atoms with Crippen LogP contribution >= 0.6 is 0 Å². The number of imide groups is 1. The number of hydrogen-bond donors (Lipinski definition) is 2. The first kappa shape index (κ1) is 31.3. The second-order valence-electron chi connectivity index (χ2n) is 10.0. The Morgan fingerprint density at radius 3 is 2.26 bits per heavy atom. The van der Waals surface area contributed by atoms with Crippen molar-refractivity contribution < 1.29 is 41.1 Å². The van der Waals surface area contributed by atoms with Gasteiger partial charge in [-0.15, -0.1) is 0 Å². The Balaban J connectivity index is 2.11. The van der Waals surface area contributed by atoms with Gasteiger partial charge in [-0.1, -0.05) is 33.8 Å². The number of nitrogens with zero attached hydrogens (tertiary/aromatic N) is 2. The fourth-order valence-electron chi connectivity index (χ4n) is 4.43. The van der Waals surface area contributed by atoms with E-state index in [2.05, 4.69) is 15.6 Å². The van der Waals surface area contributed by atoms with Crippen molar-refractivity contribution in [3.63, 3.8) is 0 Å². The Morgan fingerprint density at radius 1 is 1.08 bits per heavy atom. The van der Waals surface area contributed by atoms with Crippen LogP contribution < -0.4 is 10.6 Å². The standard InChI is InChI=1S/C25H33F5N4O4/c1-14(2)19(32-18(35)10-9-16-7-5-11-31-13-16)23(38)33-22(37)17-8-6-12-34(17)20(15(3)4)21(36)24(26,27)25(28,29)30/h5,7,11,13-15,17,19-20H,6,8-10,12H2,1-4H3,(H,32,35)(H,33,37,38)/t17-,19-,20?/m0/s1. The number of Topliss-reactive ketones (excluding diaryl/α,β-unsaturated/α-hetero) is 1. The molecule has 2 heterocycles. The van der Waals surface area contributed by atoms with E-state index >= 15 is 0 Å². The number of amides is 3. The van der Waals surface area contributed by atoms with E-state index in [0.717, 1.165) is 10.5 Å². The van der Waals surface area contributed by atoms with E-state index in [4.69, 9.17) is 0 Å². The molecule has 0 bridgehead atoms. The summed E-state index contributed by atoms with van der Waals surface area (Å²) in [5.74, 6) is -11.6. The number of aryl methyl sites for hydroxylation is 1. The van der Waals surface area contributed by atoms with Gasteiger partial charge in [0.05, 0.1) is 12.1 Å². The number of carbonyl (C=O) groups excluding carboxylic acids is 4. The number of halogens is 5. The molecule has 0 aliphatic carbocycles. The van der Waals surface area contributed by atoms with Crippen LogP contribution in [0.1, 0.15) is 52.5 Å². The Hall–Kier alpha value is -2.96. The van der Waals surface area contributed by atoms with Crippen LogP contribution in [0.15, 0.2) is 24.5 Å². The van der Waals surface area contributed by atoms with Crippen molar-refractivity contribution in [3.8, 4) is 0 Å². The zero-order chi connectivity index (χ0) is 28.8. The lowest BCUT2D eigenvalue weighted by Gasteiger charge is -2.36. The average molecular weight is 549 g/mol. The van der Waals surface area contributed by atoms with Crippen LogP contribution in [0.4, 0.5) is 22.0 Å². The molecule has 2 N–H and O–H groups in total. The predicted molar refractivity (Wildman–Crippen MR) is 127 cm³/mol. The van der Waals surface area contributed by atoms with E-state index in [1.54, 1.807) is 38.4 Å². The highest BCUT2D eigenvalue weighted by Gasteiger charge is 2.65. The van der Waals surface area contributed by atoms with Gasteiger partial charge in [0.2, 0.25) is 23.5 Å². The maximum absolute atomic E-state index is 13.9. The topological polar surface area (TPSA) is 108 Å². The summed E-state index contributed by atoms with van der Waals surface area (Å²) in [6.45, 7) is 5.83. The van der Waals surface area contributed by atoms with Crippen LogP contribution in [0.3, 0.4) is 0 Å². The van der Waals surface area contributed by atoms with Crippen LogP contribution in [0.5, 0.6) is 0 Å². The van der Waals surface area contributed by atoms with Crippen LogP contribution in [-0.2, 0) is 25.6 Å². The van der Waals surface area contributed by atoms with Crippen LogP contribution in [0.25, 0.3) is 0 Å². The monoisotopic (exact) mass is 548 g/mol. The van der Waals surface area contributed by atoms with Gasteiger partial charge in [0.1, 0.15) is 6.04 Å². The molecule has 0 spiro atoms. The van der Waals surface area contributed by atoms with Crippen LogP contribution in [0, 0.1) is 11.8 Å². The summed E-state index contributed by atoms with van der Waals surface area (Å²) in [5.41, 5.74) is 0.815. The number of carbonyl (C=O) groups is 4. The molecule has 1 aromatic rings. The molecule has 1 aliphatic rings. The number of ketones is 1. The maximum Gasteiger partial charge on any atom is 0.461 e. The molecule has 13 heteroatoms. The SMILES string of the molecule is CC(C)C(C(=O)C(F)(F)C(F)(F)F)N1CCC[C@H]1C(=O)NC(=O)[C@@H](NC(=O)CCc1cccnc1)C(C)C. The minimum atomic E-state index is -6.08. The number of nitrogens with one attached hydrogen (secondary N) is 2. The molecule has 1 aliphatic heterocycles. The van der Waals surface area contributed by atoms with Crippen molar-refractivity contribution in [3.05, 3.63) is 30.1 Å². The van der Waals surface area contributed by atoms with Crippen molar-refractivity contribution in [1.82, 2.24) is 20.5 Å². The summed E-state index contributed by atoms with van der Waals surface area (Å²) in [4.78, 5) is 55.6. The zero-order valence-corrected chi connectivity index (χ0v) is 21.6. The molecule has 2 rings (SSSR count). The Bertz CT molecular complexity index is 1000. The summed E-state index contributed by atoms with van der Waals surface area (Å²) in [6, 6.07) is -0.760. The highest BCUT2D eigenvalue weighted by Crippen LogP contribution is 2.39. The Labute approximate surface area is 217 Å². The van der Waals surface area contributed by atoms with Crippen molar-refractivity contribution in [2.24, 2.45) is 11.8 Å². The third-order valence-electron chi connectivity index (χ3n) is 6.40. The number of likely N-dealkylation sites (tertiary alicyclic amines) is 1. The first-order chi connectivity index (χ1) is 17.6. The highest BCUT2D eigenvalue weighted by atomic mass is 19.4. The Kier molecular flexibility index (Phi) is 10.5.